The molecule has 2 rings (SSSR count). The van der Waals surface area contributed by atoms with Gasteiger partial charge in [-0.1, -0.05) is 13.3 Å². The van der Waals surface area contributed by atoms with Crippen LogP contribution in [0.5, 0.6) is 0 Å². The van der Waals surface area contributed by atoms with Gasteiger partial charge in [0.2, 0.25) is 10.0 Å². The van der Waals surface area contributed by atoms with Crippen LogP contribution in [0.25, 0.3) is 0 Å². The van der Waals surface area contributed by atoms with E-state index in [2.05, 4.69) is 11.6 Å². The Hall–Kier alpha value is -1.07. The highest BCUT2D eigenvalue weighted by Gasteiger charge is 2.29. The minimum Gasteiger partial charge on any atom is -0.398 e. The molecule has 2 atom stereocenters. The van der Waals surface area contributed by atoms with Crippen molar-refractivity contribution in [1.29, 1.82) is 0 Å². The van der Waals surface area contributed by atoms with E-state index in [9.17, 15) is 8.42 Å². The van der Waals surface area contributed by atoms with Crippen molar-refractivity contribution in [2.75, 3.05) is 5.73 Å². The van der Waals surface area contributed by atoms with Crippen LogP contribution in [0.2, 0.25) is 0 Å². The van der Waals surface area contributed by atoms with Gasteiger partial charge in [-0.2, -0.15) is 0 Å². The molecule has 0 amide bonds. The molecule has 1 fully saturated rings. The Morgan fingerprint density at radius 3 is 2.42 bits per heavy atom. The molecule has 19 heavy (non-hydrogen) atoms. The summed E-state index contributed by atoms with van der Waals surface area (Å²) in [5.41, 5.74) is 8.13. The molecular formula is C14H22N2O2S. The third-order valence-electron chi connectivity index (χ3n) is 4.08. The topological polar surface area (TPSA) is 72.2 Å². The maximum Gasteiger partial charge on any atom is 0.242 e. The molecule has 0 aromatic heterocycles. The lowest BCUT2D eigenvalue weighted by atomic mass is 10.1. The van der Waals surface area contributed by atoms with Gasteiger partial charge < -0.3 is 5.73 Å². The van der Waals surface area contributed by atoms with Crippen molar-refractivity contribution in [3.63, 3.8) is 0 Å². The number of hydrogen-bond donors (Lipinski definition) is 2. The summed E-state index contributed by atoms with van der Waals surface area (Å²) in [6, 6.07) is 3.42. The molecule has 0 heterocycles. The van der Waals surface area contributed by atoms with Crippen LogP contribution < -0.4 is 10.5 Å². The van der Waals surface area contributed by atoms with Gasteiger partial charge in [0.25, 0.3) is 0 Å². The van der Waals surface area contributed by atoms with Gasteiger partial charge in [0.15, 0.2) is 0 Å². The summed E-state index contributed by atoms with van der Waals surface area (Å²) < 4.78 is 27.7. The van der Waals surface area contributed by atoms with Crippen LogP contribution in [-0.2, 0) is 10.0 Å². The second-order valence-electron chi connectivity index (χ2n) is 5.61. The van der Waals surface area contributed by atoms with E-state index in [1.807, 2.05) is 13.8 Å². The Kier molecular flexibility index (Phi) is 3.87. The molecule has 1 aliphatic carbocycles. The highest BCUT2D eigenvalue weighted by molar-refractivity contribution is 7.89. The van der Waals surface area contributed by atoms with E-state index in [1.165, 1.54) is 0 Å². The highest BCUT2D eigenvalue weighted by atomic mass is 32.2. The van der Waals surface area contributed by atoms with Gasteiger partial charge in [0.05, 0.1) is 5.69 Å². The number of sulfonamides is 1. The average molecular weight is 282 g/mol. The predicted molar refractivity (Wildman–Crippen MR) is 77.5 cm³/mol. The van der Waals surface area contributed by atoms with Gasteiger partial charge in [-0.3, -0.25) is 0 Å². The Balaban J connectivity index is 2.32. The number of rotatable bonds is 3. The molecule has 4 nitrogen and oxygen atoms in total. The molecule has 0 aliphatic heterocycles. The zero-order valence-corrected chi connectivity index (χ0v) is 12.5. The minimum atomic E-state index is -3.52. The van der Waals surface area contributed by atoms with Gasteiger partial charge in [-0.05, 0) is 55.9 Å². The van der Waals surface area contributed by atoms with E-state index in [0.717, 1.165) is 30.4 Å². The van der Waals surface area contributed by atoms with Gasteiger partial charge in [-0.15, -0.1) is 0 Å². The summed E-state index contributed by atoms with van der Waals surface area (Å²) in [5.74, 6) is 0.391. The third kappa shape index (κ3) is 2.92. The Bertz CT molecular complexity index is 581. The second kappa shape index (κ2) is 5.13. The van der Waals surface area contributed by atoms with Crippen molar-refractivity contribution in [3.05, 3.63) is 23.3 Å². The first kappa shape index (κ1) is 14.3. The molecule has 5 heteroatoms. The fraction of sp³-hybridized carbons (Fsp3) is 0.571. The molecule has 0 saturated heterocycles. The Morgan fingerprint density at radius 2 is 1.84 bits per heavy atom. The minimum absolute atomic E-state index is 0.0333. The fourth-order valence-corrected chi connectivity index (χ4v) is 4.20. The molecular weight excluding hydrogens is 260 g/mol. The van der Waals surface area contributed by atoms with E-state index in [0.29, 0.717) is 11.6 Å². The average Bonchev–Trinajstić information content (AvgIpc) is 2.69. The number of nitrogens with one attached hydrogen (secondary N) is 1. The number of aryl methyl sites for hydroxylation is 2. The lowest BCUT2D eigenvalue weighted by Gasteiger charge is -2.18. The third-order valence-corrected chi connectivity index (χ3v) is 5.63. The van der Waals surface area contributed by atoms with Crippen LogP contribution >= 0.6 is 0 Å². The van der Waals surface area contributed by atoms with E-state index >= 15 is 0 Å². The van der Waals surface area contributed by atoms with E-state index in [1.54, 1.807) is 12.1 Å². The first-order valence-corrected chi connectivity index (χ1v) is 8.18. The molecule has 0 radical (unpaired) electrons. The molecule has 2 unspecified atom stereocenters. The van der Waals surface area contributed by atoms with Gasteiger partial charge in [0, 0.05) is 6.04 Å². The van der Waals surface area contributed by atoms with Crippen molar-refractivity contribution in [1.82, 2.24) is 4.72 Å². The Morgan fingerprint density at radius 1 is 1.21 bits per heavy atom. The van der Waals surface area contributed by atoms with Crippen molar-refractivity contribution in [2.24, 2.45) is 5.92 Å². The molecule has 0 bridgehead atoms. The first-order chi connectivity index (χ1) is 8.81. The summed E-state index contributed by atoms with van der Waals surface area (Å²) in [5, 5.41) is 0. The quantitative estimate of drug-likeness (QED) is 0.836. The maximum absolute atomic E-state index is 12.4. The zero-order valence-electron chi connectivity index (χ0n) is 11.7. The molecule has 3 N–H and O–H groups in total. The number of nitrogens with two attached hydrogens (primary N) is 1. The normalized spacial score (nSPS) is 23.7. The maximum atomic E-state index is 12.4. The number of anilines is 1. The van der Waals surface area contributed by atoms with Crippen molar-refractivity contribution in [2.45, 2.75) is 51.0 Å². The van der Waals surface area contributed by atoms with Crippen LogP contribution in [0.4, 0.5) is 5.69 Å². The predicted octanol–water partition coefficient (Wildman–Crippen LogP) is 2.35. The SMILES string of the molecule is Cc1cc(N)c(S(=O)(=O)NC2CCCC2C)cc1C. The molecule has 106 valence electrons. The first-order valence-electron chi connectivity index (χ1n) is 6.70. The molecule has 1 saturated carbocycles. The van der Waals surface area contributed by atoms with Gasteiger partial charge >= 0.3 is 0 Å². The monoisotopic (exact) mass is 282 g/mol. The largest absolute Gasteiger partial charge is 0.398 e. The molecule has 1 aromatic rings. The summed E-state index contributed by atoms with van der Waals surface area (Å²) in [6.45, 7) is 5.91. The molecule has 0 spiro atoms. The smallest absolute Gasteiger partial charge is 0.242 e. The van der Waals surface area contributed by atoms with Crippen molar-refractivity contribution in [3.8, 4) is 0 Å². The molecule has 1 aliphatic rings. The summed E-state index contributed by atoms with van der Waals surface area (Å²) in [7, 11) is -3.52. The van der Waals surface area contributed by atoms with Crippen LogP contribution in [0.3, 0.4) is 0 Å². The van der Waals surface area contributed by atoms with E-state index < -0.39 is 10.0 Å². The van der Waals surface area contributed by atoms with Crippen LogP contribution in [-0.4, -0.2) is 14.5 Å². The highest BCUT2D eigenvalue weighted by Crippen LogP contribution is 2.28. The van der Waals surface area contributed by atoms with E-state index in [4.69, 9.17) is 5.73 Å². The van der Waals surface area contributed by atoms with E-state index in [-0.39, 0.29) is 10.9 Å². The van der Waals surface area contributed by atoms with Crippen molar-refractivity contribution >= 4 is 15.7 Å². The summed E-state index contributed by atoms with van der Waals surface area (Å²) in [6.07, 6.45) is 3.07. The number of benzene rings is 1. The summed E-state index contributed by atoms with van der Waals surface area (Å²) in [4.78, 5) is 0.203. The van der Waals surface area contributed by atoms with Crippen LogP contribution in [0.1, 0.15) is 37.3 Å². The second-order valence-corrected chi connectivity index (χ2v) is 7.29. The van der Waals surface area contributed by atoms with Gasteiger partial charge in [0.1, 0.15) is 4.90 Å². The number of nitrogen functional groups attached to an aromatic ring is 1. The Labute approximate surface area is 115 Å². The van der Waals surface area contributed by atoms with Crippen LogP contribution in [0, 0.1) is 19.8 Å². The summed E-state index contributed by atoms with van der Waals surface area (Å²) >= 11 is 0. The van der Waals surface area contributed by atoms with Crippen molar-refractivity contribution < 1.29 is 8.42 Å². The van der Waals surface area contributed by atoms with Crippen LogP contribution in [0.15, 0.2) is 17.0 Å². The lowest BCUT2D eigenvalue weighted by molar-refractivity contribution is 0.476. The molecule has 1 aromatic carbocycles. The lowest BCUT2D eigenvalue weighted by Crippen LogP contribution is -2.36. The fourth-order valence-electron chi connectivity index (χ4n) is 2.63. The number of hydrogen-bond acceptors (Lipinski definition) is 3. The van der Waals surface area contributed by atoms with Gasteiger partial charge in [-0.25, -0.2) is 13.1 Å². The zero-order chi connectivity index (χ0) is 14.2. The standard InChI is InChI=1S/C14H22N2O2S/c1-9-5-4-6-13(9)16-19(17,18)14-8-11(3)10(2)7-12(14)15/h7-9,13,16H,4-6,15H2,1-3H3.